The Labute approximate surface area is 269 Å². The van der Waals surface area contributed by atoms with Gasteiger partial charge < -0.3 is 34.6 Å². The van der Waals surface area contributed by atoms with E-state index in [2.05, 4.69) is 26.8 Å². The zero-order valence-corrected chi connectivity index (χ0v) is 26.2. The van der Waals surface area contributed by atoms with Gasteiger partial charge in [0.15, 0.2) is 12.6 Å². The molecule has 4 aromatic rings. The van der Waals surface area contributed by atoms with E-state index in [1.54, 1.807) is 69.3 Å². The molecule has 3 amide bonds. The first kappa shape index (κ1) is 33.4. The molecular weight excluding hydrogens is 616 g/mol. The number of methoxy groups -OCH3 is 1. The topological polar surface area (TPSA) is 180 Å². The molecule has 0 saturated heterocycles. The molecule has 2 aromatic heterocycles. The maximum absolute atomic E-state index is 12.9. The van der Waals surface area contributed by atoms with Gasteiger partial charge >= 0.3 is 6.09 Å². The highest BCUT2D eigenvalue weighted by molar-refractivity contribution is 6.30. The first-order valence-corrected chi connectivity index (χ1v) is 14.3. The van der Waals surface area contributed by atoms with Crippen molar-refractivity contribution in [1.29, 1.82) is 5.26 Å². The van der Waals surface area contributed by atoms with Gasteiger partial charge in [-0.1, -0.05) is 28.9 Å². The largest absolute Gasteiger partial charge is 0.467 e. The summed E-state index contributed by atoms with van der Waals surface area (Å²) in [6, 6.07) is 16.8. The number of anilines is 2. The molecule has 0 saturated carbocycles. The number of benzene rings is 2. The number of hydrogen-bond donors (Lipinski definition) is 3. The van der Waals surface area contributed by atoms with Crippen LogP contribution in [-0.4, -0.2) is 64.0 Å². The SMILES string of the molecule is COCOc1cc(Cl)ccc1-c1cc(-c2cccc(NC(=O)CCN(C(=O)O)C(C)(C)C)c2)c(C#N)c(NC(=O)c2ccno2)n1. The third-order valence-corrected chi connectivity index (χ3v) is 6.87. The van der Waals surface area contributed by atoms with E-state index in [9.17, 15) is 24.8 Å². The van der Waals surface area contributed by atoms with Crippen LogP contribution in [0.25, 0.3) is 22.4 Å². The number of hydrogen-bond acceptors (Lipinski definition) is 9. The summed E-state index contributed by atoms with van der Waals surface area (Å²) in [5.41, 5.74) is 1.49. The van der Waals surface area contributed by atoms with Gasteiger partial charge in [0.05, 0.1) is 11.9 Å². The molecule has 0 aliphatic rings. The molecule has 13 nitrogen and oxygen atoms in total. The average molecular weight is 647 g/mol. The number of carbonyl (C=O) groups excluding carboxylic acids is 2. The van der Waals surface area contributed by atoms with Gasteiger partial charge in [-0.25, -0.2) is 9.78 Å². The zero-order chi connectivity index (χ0) is 33.4. The highest BCUT2D eigenvalue weighted by Gasteiger charge is 2.26. The number of ether oxygens (including phenoxy) is 2. The Morgan fingerprint density at radius 2 is 1.87 bits per heavy atom. The summed E-state index contributed by atoms with van der Waals surface area (Å²) in [6.45, 7) is 5.16. The van der Waals surface area contributed by atoms with Gasteiger partial charge in [0.1, 0.15) is 17.4 Å². The monoisotopic (exact) mass is 646 g/mol. The summed E-state index contributed by atoms with van der Waals surface area (Å²) >= 11 is 6.23. The standard InChI is InChI=1S/C32H31ClN6O7/c1-32(2,3)39(31(42)43)13-11-28(40)36-21-7-5-6-19(14-21)23-16-25(22-9-8-20(33)15-27(22)45-18-44-4)37-29(24(23)17-34)38-30(41)26-10-12-35-46-26/h5-10,12,14-16H,11,13,18H2,1-4H3,(H,36,40)(H,42,43)(H,37,38,41). The van der Waals surface area contributed by atoms with E-state index in [0.717, 1.165) is 0 Å². The summed E-state index contributed by atoms with van der Waals surface area (Å²) in [4.78, 5) is 43.2. The van der Waals surface area contributed by atoms with Crippen molar-refractivity contribution in [2.45, 2.75) is 32.7 Å². The molecule has 4 rings (SSSR count). The summed E-state index contributed by atoms with van der Waals surface area (Å²) < 4.78 is 15.8. The molecule has 2 heterocycles. The summed E-state index contributed by atoms with van der Waals surface area (Å²) in [7, 11) is 1.47. The lowest BCUT2D eigenvalue weighted by Gasteiger charge is -2.32. The minimum atomic E-state index is -1.12. The second-order valence-corrected chi connectivity index (χ2v) is 11.3. The van der Waals surface area contributed by atoms with Gasteiger partial charge in [0.25, 0.3) is 5.91 Å². The number of nitrogens with zero attached hydrogens (tertiary/aromatic N) is 4. The van der Waals surface area contributed by atoms with E-state index in [1.807, 2.05) is 0 Å². The fourth-order valence-electron chi connectivity index (χ4n) is 4.49. The van der Waals surface area contributed by atoms with Crippen molar-refractivity contribution in [2.75, 3.05) is 31.1 Å². The molecule has 3 N–H and O–H groups in total. The van der Waals surface area contributed by atoms with Crippen LogP contribution in [0, 0.1) is 11.3 Å². The van der Waals surface area contributed by atoms with Crippen LogP contribution in [-0.2, 0) is 9.53 Å². The second-order valence-electron chi connectivity index (χ2n) is 10.9. The van der Waals surface area contributed by atoms with E-state index in [4.69, 9.17) is 25.6 Å². The number of nitriles is 1. The normalized spacial score (nSPS) is 11.0. The van der Waals surface area contributed by atoms with Crippen LogP contribution < -0.4 is 15.4 Å². The van der Waals surface area contributed by atoms with Gasteiger partial charge in [-0.3, -0.25) is 9.59 Å². The van der Waals surface area contributed by atoms with Crippen molar-refractivity contribution in [3.63, 3.8) is 0 Å². The van der Waals surface area contributed by atoms with Crippen LogP contribution in [0.2, 0.25) is 5.02 Å². The van der Waals surface area contributed by atoms with Crippen LogP contribution in [0.3, 0.4) is 0 Å². The number of aromatic nitrogens is 2. The Morgan fingerprint density at radius 1 is 1.09 bits per heavy atom. The van der Waals surface area contributed by atoms with Crippen molar-refractivity contribution in [3.8, 4) is 34.2 Å². The molecule has 0 fully saturated rings. The Hall–Kier alpha value is -5.45. The number of rotatable bonds is 11. The van der Waals surface area contributed by atoms with Crippen LogP contribution in [0.5, 0.6) is 5.75 Å². The highest BCUT2D eigenvalue weighted by Crippen LogP contribution is 2.38. The molecule has 0 aliphatic carbocycles. The Morgan fingerprint density at radius 3 is 2.52 bits per heavy atom. The van der Waals surface area contributed by atoms with Crippen LogP contribution in [0.4, 0.5) is 16.3 Å². The Kier molecular flexibility index (Phi) is 10.6. The lowest BCUT2D eigenvalue weighted by molar-refractivity contribution is -0.116. The predicted molar refractivity (Wildman–Crippen MR) is 170 cm³/mol. The number of carboxylic acid groups (broad SMARTS) is 1. The molecule has 46 heavy (non-hydrogen) atoms. The van der Waals surface area contributed by atoms with E-state index >= 15 is 0 Å². The lowest BCUT2D eigenvalue weighted by Crippen LogP contribution is -2.46. The van der Waals surface area contributed by atoms with Gasteiger partial charge in [0.2, 0.25) is 11.7 Å². The fraction of sp³-hybridized carbons (Fsp3) is 0.250. The molecule has 14 heteroatoms. The molecule has 2 aromatic carbocycles. The zero-order valence-electron chi connectivity index (χ0n) is 25.5. The van der Waals surface area contributed by atoms with Crippen molar-refractivity contribution >= 4 is 41.0 Å². The molecule has 0 radical (unpaired) electrons. The van der Waals surface area contributed by atoms with E-state index in [-0.39, 0.29) is 36.9 Å². The minimum Gasteiger partial charge on any atom is -0.467 e. The summed E-state index contributed by atoms with van der Waals surface area (Å²) in [5.74, 6) is -0.884. The maximum Gasteiger partial charge on any atom is 0.407 e. The summed E-state index contributed by atoms with van der Waals surface area (Å²) in [5, 5.41) is 29.2. The number of amides is 3. The molecule has 0 spiro atoms. The van der Waals surface area contributed by atoms with Crippen molar-refractivity contribution in [1.82, 2.24) is 15.0 Å². The summed E-state index contributed by atoms with van der Waals surface area (Å²) in [6.07, 6.45) is 0.113. The van der Waals surface area contributed by atoms with Gasteiger partial charge in [-0.05, 0) is 62.7 Å². The van der Waals surface area contributed by atoms with Gasteiger partial charge in [-0.15, -0.1) is 0 Å². The van der Waals surface area contributed by atoms with Crippen LogP contribution >= 0.6 is 11.6 Å². The quantitative estimate of drug-likeness (QED) is 0.157. The molecule has 0 aliphatic heterocycles. The first-order valence-electron chi connectivity index (χ1n) is 13.9. The van der Waals surface area contributed by atoms with E-state index in [0.29, 0.717) is 38.8 Å². The molecule has 238 valence electrons. The Bertz CT molecular complexity index is 1780. The Balaban J connectivity index is 1.75. The fourth-order valence-corrected chi connectivity index (χ4v) is 4.65. The first-order chi connectivity index (χ1) is 21.9. The lowest BCUT2D eigenvalue weighted by atomic mass is 9.97. The third kappa shape index (κ3) is 8.17. The van der Waals surface area contributed by atoms with Crippen molar-refractivity contribution < 1.29 is 33.5 Å². The van der Waals surface area contributed by atoms with Crippen LogP contribution in [0.1, 0.15) is 43.3 Å². The number of nitrogens with one attached hydrogen (secondary N) is 2. The third-order valence-electron chi connectivity index (χ3n) is 6.64. The van der Waals surface area contributed by atoms with Gasteiger partial charge in [0, 0.05) is 53.5 Å². The van der Waals surface area contributed by atoms with Crippen molar-refractivity contribution in [3.05, 3.63) is 77.1 Å². The van der Waals surface area contributed by atoms with E-state index < -0.39 is 23.4 Å². The number of halogens is 1. The maximum atomic E-state index is 12.9. The second kappa shape index (κ2) is 14.6. The molecule has 0 bridgehead atoms. The van der Waals surface area contributed by atoms with Crippen LogP contribution in [0.15, 0.2) is 65.3 Å². The molecular formula is C32H31ClN6O7. The highest BCUT2D eigenvalue weighted by atomic mass is 35.5. The van der Waals surface area contributed by atoms with Crippen molar-refractivity contribution in [2.24, 2.45) is 0 Å². The number of carbonyl (C=O) groups is 3. The molecule has 0 atom stereocenters. The number of pyridine rings is 1. The average Bonchev–Trinajstić information content (AvgIpc) is 3.54. The predicted octanol–water partition coefficient (Wildman–Crippen LogP) is 6.27. The van der Waals surface area contributed by atoms with E-state index in [1.165, 1.54) is 24.3 Å². The van der Waals surface area contributed by atoms with Gasteiger partial charge in [-0.2, -0.15) is 5.26 Å². The minimum absolute atomic E-state index is 0.000529. The smallest absolute Gasteiger partial charge is 0.407 e. The molecule has 0 unspecified atom stereocenters.